The van der Waals surface area contributed by atoms with E-state index in [4.69, 9.17) is 25.8 Å². The van der Waals surface area contributed by atoms with Crippen molar-refractivity contribution in [1.29, 1.82) is 0 Å². The predicted molar refractivity (Wildman–Crippen MR) is 108 cm³/mol. The topological polar surface area (TPSA) is 77.1 Å². The fourth-order valence-corrected chi connectivity index (χ4v) is 3.28. The van der Waals surface area contributed by atoms with Crippen molar-refractivity contribution in [2.45, 2.75) is 32.7 Å². The van der Waals surface area contributed by atoms with Crippen molar-refractivity contribution in [2.75, 3.05) is 33.4 Å². The van der Waals surface area contributed by atoms with E-state index in [1.165, 1.54) is 13.2 Å². The number of hydrogen-bond acceptors (Lipinski definition) is 5. The molecule has 0 bridgehead atoms. The first-order valence-corrected chi connectivity index (χ1v) is 9.76. The number of piperidine rings is 1. The van der Waals surface area contributed by atoms with Crippen LogP contribution in [0.2, 0.25) is 5.02 Å². The molecule has 154 valence electrons. The van der Waals surface area contributed by atoms with Gasteiger partial charge in [-0.2, -0.15) is 0 Å². The molecule has 1 saturated heterocycles. The normalized spacial score (nSPS) is 14.8. The van der Waals surface area contributed by atoms with Crippen molar-refractivity contribution in [1.82, 2.24) is 10.2 Å². The van der Waals surface area contributed by atoms with Gasteiger partial charge in [-0.3, -0.25) is 4.79 Å². The first-order valence-electron chi connectivity index (χ1n) is 9.39. The van der Waals surface area contributed by atoms with Crippen LogP contribution in [-0.2, 0) is 9.53 Å². The average molecular weight is 411 g/mol. The minimum Gasteiger partial charge on any atom is -0.491 e. The highest BCUT2D eigenvalue weighted by molar-refractivity contribution is 6.32. The van der Waals surface area contributed by atoms with E-state index >= 15 is 0 Å². The van der Waals surface area contributed by atoms with Gasteiger partial charge in [0.05, 0.1) is 25.3 Å². The molecule has 0 spiro atoms. The summed E-state index contributed by atoms with van der Waals surface area (Å²) < 4.78 is 15.8. The van der Waals surface area contributed by atoms with Gasteiger partial charge in [0.25, 0.3) is 0 Å². The first kappa shape index (κ1) is 21.9. The number of benzene rings is 1. The largest absolute Gasteiger partial charge is 0.491 e. The zero-order chi connectivity index (χ0) is 20.5. The van der Waals surface area contributed by atoms with E-state index in [1.807, 2.05) is 6.92 Å². The quantitative estimate of drug-likeness (QED) is 0.696. The number of carbonyl (C=O) groups is 2. The van der Waals surface area contributed by atoms with Gasteiger partial charge in [-0.05, 0) is 50.5 Å². The van der Waals surface area contributed by atoms with Crippen LogP contribution in [0.25, 0.3) is 6.08 Å². The van der Waals surface area contributed by atoms with Gasteiger partial charge in [-0.1, -0.05) is 11.6 Å². The number of methoxy groups -OCH3 is 1. The Morgan fingerprint density at radius 1 is 1.25 bits per heavy atom. The van der Waals surface area contributed by atoms with E-state index in [-0.39, 0.29) is 18.0 Å². The van der Waals surface area contributed by atoms with Crippen LogP contribution >= 0.6 is 11.6 Å². The van der Waals surface area contributed by atoms with Crippen LogP contribution in [0.3, 0.4) is 0 Å². The number of halogens is 1. The lowest BCUT2D eigenvalue weighted by Gasteiger charge is -2.31. The molecule has 1 fully saturated rings. The third-order valence-corrected chi connectivity index (χ3v) is 4.61. The van der Waals surface area contributed by atoms with Crippen LogP contribution in [-0.4, -0.2) is 56.4 Å². The van der Waals surface area contributed by atoms with Crippen molar-refractivity contribution in [3.05, 3.63) is 28.8 Å². The van der Waals surface area contributed by atoms with Gasteiger partial charge in [-0.25, -0.2) is 4.79 Å². The standard InChI is InChI=1S/C20H27ClN2O5/c1-4-27-17-13-14(12-16(21)19(17)26-3)6-7-18(24)22-15-8-10-23(11-9-15)20(25)28-5-2/h6-7,12-13,15H,4-5,8-11H2,1-3H3,(H,22,24)/b7-6+. The second-order valence-corrected chi connectivity index (χ2v) is 6.68. The van der Waals surface area contributed by atoms with Crippen molar-refractivity contribution >= 4 is 29.7 Å². The third kappa shape index (κ3) is 6.05. The maximum atomic E-state index is 12.2. The smallest absolute Gasteiger partial charge is 0.409 e. The Balaban J connectivity index is 1.91. The van der Waals surface area contributed by atoms with Crippen molar-refractivity contribution in [2.24, 2.45) is 0 Å². The minimum absolute atomic E-state index is 0.0290. The molecule has 1 aromatic carbocycles. The molecule has 28 heavy (non-hydrogen) atoms. The van der Waals surface area contributed by atoms with Crippen LogP contribution in [0, 0.1) is 0 Å². The lowest BCUT2D eigenvalue weighted by atomic mass is 10.1. The molecule has 1 aliphatic rings. The maximum Gasteiger partial charge on any atom is 0.409 e. The molecule has 0 aromatic heterocycles. The molecule has 0 aliphatic carbocycles. The number of nitrogens with one attached hydrogen (secondary N) is 1. The van der Waals surface area contributed by atoms with Crippen LogP contribution in [0.4, 0.5) is 4.79 Å². The Bertz CT molecular complexity index is 715. The molecule has 8 heteroatoms. The Labute approximate surface area is 170 Å². The monoisotopic (exact) mass is 410 g/mol. The highest BCUT2D eigenvalue weighted by atomic mass is 35.5. The summed E-state index contributed by atoms with van der Waals surface area (Å²) in [6.45, 7) is 5.63. The number of likely N-dealkylation sites (tertiary alicyclic amines) is 1. The molecule has 7 nitrogen and oxygen atoms in total. The average Bonchev–Trinajstić information content (AvgIpc) is 2.67. The van der Waals surface area contributed by atoms with Gasteiger partial charge >= 0.3 is 6.09 Å². The summed E-state index contributed by atoms with van der Waals surface area (Å²) in [6.07, 6.45) is 4.24. The first-order chi connectivity index (χ1) is 13.5. The second kappa shape index (κ2) is 10.8. The molecule has 0 unspecified atom stereocenters. The third-order valence-electron chi connectivity index (χ3n) is 4.33. The molecule has 2 amide bonds. The molecule has 0 saturated carbocycles. The number of hydrogen-bond donors (Lipinski definition) is 1. The summed E-state index contributed by atoms with van der Waals surface area (Å²) in [5.41, 5.74) is 0.738. The summed E-state index contributed by atoms with van der Waals surface area (Å²) >= 11 is 6.22. The highest BCUT2D eigenvalue weighted by Crippen LogP contribution is 2.36. The Morgan fingerprint density at radius 2 is 1.96 bits per heavy atom. The molecule has 1 aromatic rings. The number of ether oxygens (including phenoxy) is 3. The van der Waals surface area contributed by atoms with Crippen molar-refractivity contribution < 1.29 is 23.8 Å². The van der Waals surface area contributed by atoms with E-state index in [0.717, 1.165) is 5.56 Å². The van der Waals surface area contributed by atoms with E-state index in [1.54, 1.807) is 30.0 Å². The van der Waals surface area contributed by atoms with Gasteiger partial charge in [0.2, 0.25) is 5.91 Å². The Kier molecular flexibility index (Phi) is 8.44. The zero-order valence-corrected chi connectivity index (χ0v) is 17.3. The number of carbonyl (C=O) groups excluding carboxylic acids is 2. The van der Waals surface area contributed by atoms with Gasteiger partial charge in [0.1, 0.15) is 0 Å². The number of nitrogens with zero attached hydrogens (tertiary/aromatic N) is 1. The van der Waals surface area contributed by atoms with E-state index in [9.17, 15) is 9.59 Å². The molecule has 1 N–H and O–H groups in total. The molecule has 1 aliphatic heterocycles. The number of amides is 2. The van der Waals surface area contributed by atoms with Gasteiger partial charge in [0, 0.05) is 25.2 Å². The predicted octanol–water partition coefficient (Wildman–Crippen LogP) is 3.50. The fourth-order valence-electron chi connectivity index (χ4n) is 2.99. The van der Waals surface area contributed by atoms with Crippen LogP contribution in [0.5, 0.6) is 11.5 Å². The Hall–Kier alpha value is -2.41. The van der Waals surface area contributed by atoms with Crippen LogP contribution in [0.15, 0.2) is 18.2 Å². The van der Waals surface area contributed by atoms with Crippen molar-refractivity contribution in [3.63, 3.8) is 0 Å². The van der Waals surface area contributed by atoms with E-state index in [0.29, 0.717) is 55.7 Å². The van der Waals surface area contributed by atoms with Gasteiger partial charge in [0.15, 0.2) is 11.5 Å². The van der Waals surface area contributed by atoms with Crippen LogP contribution in [0.1, 0.15) is 32.3 Å². The Morgan fingerprint density at radius 3 is 2.57 bits per heavy atom. The van der Waals surface area contributed by atoms with Gasteiger partial charge in [-0.15, -0.1) is 0 Å². The molecule has 0 atom stereocenters. The SMILES string of the molecule is CCOC(=O)N1CCC(NC(=O)/C=C/c2cc(Cl)c(OC)c(OCC)c2)CC1. The lowest BCUT2D eigenvalue weighted by Crippen LogP contribution is -2.46. The van der Waals surface area contributed by atoms with E-state index < -0.39 is 0 Å². The molecule has 1 heterocycles. The number of rotatable bonds is 7. The summed E-state index contributed by atoms with van der Waals surface area (Å²) in [7, 11) is 1.53. The van der Waals surface area contributed by atoms with Crippen LogP contribution < -0.4 is 14.8 Å². The summed E-state index contributed by atoms with van der Waals surface area (Å²) in [5, 5.41) is 3.38. The minimum atomic E-state index is -0.298. The van der Waals surface area contributed by atoms with Gasteiger partial charge < -0.3 is 24.4 Å². The summed E-state index contributed by atoms with van der Waals surface area (Å²) in [4.78, 5) is 25.6. The molecule has 0 radical (unpaired) electrons. The summed E-state index contributed by atoms with van der Waals surface area (Å²) in [6, 6.07) is 3.52. The molecular formula is C20H27ClN2O5. The lowest BCUT2D eigenvalue weighted by molar-refractivity contribution is -0.117. The molecular weight excluding hydrogens is 384 g/mol. The zero-order valence-electron chi connectivity index (χ0n) is 16.5. The van der Waals surface area contributed by atoms with Crippen molar-refractivity contribution in [3.8, 4) is 11.5 Å². The summed E-state index contributed by atoms with van der Waals surface area (Å²) in [5.74, 6) is 0.807. The molecule has 2 rings (SSSR count). The van der Waals surface area contributed by atoms with E-state index in [2.05, 4.69) is 5.32 Å². The fraction of sp³-hybridized carbons (Fsp3) is 0.500. The highest BCUT2D eigenvalue weighted by Gasteiger charge is 2.24. The second-order valence-electron chi connectivity index (χ2n) is 6.27. The maximum absolute atomic E-state index is 12.2.